The summed E-state index contributed by atoms with van der Waals surface area (Å²) in [5, 5.41) is 4.55. The van der Waals surface area contributed by atoms with Gasteiger partial charge in [-0.3, -0.25) is 4.55 Å². The Labute approximate surface area is 170 Å². The normalized spacial score (nSPS) is 26.0. The van der Waals surface area contributed by atoms with Gasteiger partial charge < -0.3 is 9.62 Å². The van der Waals surface area contributed by atoms with Crippen LogP contribution >= 0.6 is 0 Å². The molecule has 0 aromatic carbocycles. The van der Waals surface area contributed by atoms with Crippen molar-refractivity contribution in [2.45, 2.75) is 37.7 Å². The van der Waals surface area contributed by atoms with Crippen LogP contribution in [0.5, 0.6) is 0 Å². The largest absolute Gasteiger partial charge is 0.368 e. The number of hydrogen-bond acceptors (Lipinski definition) is 6. The Balaban J connectivity index is 2.16. The van der Waals surface area contributed by atoms with Crippen LogP contribution in [0.15, 0.2) is 64.6 Å². The molecule has 0 bridgehead atoms. The maximum absolute atomic E-state index is 11.2. The quantitative estimate of drug-likeness (QED) is 0.426. The molecular weight excluding hydrogens is 396 g/mol. The second kappa shape index (κ2) is 11.5. The minimum Gasteiger partial charge on any atom is -0.368 e. The van der Waals surface area contributed by atoms with Crippen LogP contribution in [-0.4, -0.2) is 37.5 Å². The van der Waals surface area contributed by atoms with E-state index >= 15 is 0 Å². The van der Waals surface area contributed by atoms with E-state index in [1.807, 2.05) is 6.08 Å². The molecule has 1 N–H and O–H groups in total. The highest BCUT2D eigenvalue weighted by atomic mass is 32.2. The van der Waals surface area contributed by atoms with Crippen LogP contribution in [0.25, 0.3) is 0 Å². The molecule has 1 saturated carbocycles. The first-order valence-electron chi connectivity index (χ1n) is 9.05. The third-order valence-corrected chi connectivity index (χ3v) is 5.32. The molecule has 0 aromatic heterocycles. The van der Waals surface area contributed by atoms with Crippen LogP contribution in [0, 0.1) is 5.92 Å². The molecule has 154 valence electrons. The lowest BCUT2D eigenvalue weighted by atomic mass is 9.74. The van der Waals surface area contributed by atoms with Gasteiger partial charge in [-0.25, -0.2) is 0 Å². The van der Waals surface area contributed by atoms with Gasteiger partial charge in [-0.05, 0) is 84.4 Å². The van der Waals surface area contributed by atoms with Crippen LogP contribution < -0.4 is 0 Å². The summed E-state index contributed by atoms with van der Waals surface area (Å²) < 4.78 is 37.6. The maximum Gasteiger partial charge on any atom is 0.265 e. The summed E-state index contributed by atoms with van der Waals surface area (Å²) in [4.78, 5) is 9.69. The monoisotopic (exact) mass is 418 g/mol. The zero-order valence-electron chi connectivity index (χ0n) is 15.9. The third-order valence-electron chi connectivity index (χ3n) is 4.60. The number of rotatable bonds is 4. The molecule has 2 rings (SSSR count). The fraction of sp³-hybridized carbons (Fsp3) is 0.476. The van der Waals surface area contributed by atoms with Crippen molar-refractivity contribution in [1.82, 2.24) is 0 Å². The van der Waals surface area contributed by atoms with Gasteiger partial charge in [0.15, 0.2) is 0 Å². The number of hydrogen-bond donors (Lipinski definition) is 1. The van der Waals surface area contributed by atoms with Crippen molar-refractivity contribution in [3.05, 3.63) is 64.6 Å². The second-order valence-electron chi connectivity index (χ2n) is 6.46. The molecule has 1 aliphatic heterocycles. The van der Waals surface area contributed by atoms with Crippen molar-refractivity contribution in [2.24, 2.45) is 5.92 Å². The molecule has 8 heteroatoms. The molecule has 7 nitrogen and oxygen atoms in total. The van der Waals surface area contributed by atoms with Gasteiger partial charge in [0.2, 0.25) is 0 Å². The number of allylic oxidation sites excluding steroid dienone is 1. The molecule has 1 spiro atoms. The zero-order valence-corrected chi connectivity index (χ0v) is 16.7. The molecule has 1 fully saturated rings. The van der Waals surface area contributed by atoms with Crippen LogP contribution in [-0.2, 0) is 29.7 Å². The van der Waals surface area contributed by atoms with E-state index in [4.69, 9.17) is 19.1 Å². The minimum atomic E-state index is -4.12. The van der Waals surface area contributed by atoms with Gasteiger partial charge >= 0.3 is 0 Å². The lowest BCUT2D eigenvalue weighted by molar-refractivity contribution is -0.490. The summed E-state index contributed by atoms with van der Waals surface area (Å²) >= 11 is 0. The van der Waals surface area contributed by atoms with Crippen molar-refractivity contribution in [3.63, 3.8) is 0 Å². The highest BCUT2D eigenvalue weighted by Crippen LogP contribution is 2.42. The van der Waals surface area contributed by atoms with Gasteiger partial charge in [0.1, 0.15) is 12.9 Å². The summed E-state index contributed by atoms with van der Waals surface area (Å²) in [6.45, 7) is 3.79. The smallest absolute Gasteiger partial charge is 0.265 e. The van der Waals surface area contributed by atoms with Gasteiger partial charge in [0.25, 0.3) is 10.1 Å². The first kappa shape index (κ1) is 22.8. The lowest BCUT2D eigenvalue weighted by Gasteiger charge is -2.40. The topological polar surface area (TPSA) is 91.3 Å². The van der Waals surface area contributed by atoms with Crippen molar-refractivity contribution < 1.29 is 32.5 Å². The van der Waals surface area contributed by atoms with Crippen LogP contribution in [0.2, 0.25) is 0 Å². The fourth-order valence-electron chi connectivity index (χ4n) is 3.21. The molecule has 0 atom stereocenters. The minimum absolute atomic E-state index is 0.0646. The Bertz CT molecular complexity index is 972. The first-order valence-corrected chi connectivity index (χ1v) is 10.7. The van der Waals surface area contributed by atoms with E-state index < -0.39 is 21.5 Å². The first-order chi connectivity index (χ1) is 14.0. The molecular formula is C21H22O7S. The van der Waals surface area contributed by atoms with Crippen molar-refractivity contribution >= 4 is 10.1 Å². The summed E-state index contributed by atoms with van der Waals surface area (Å²) in [5.74, 6) is -0.171. The van der Waals surface area contributed by atoms with E-state index in [2.05, 4.69) is 51.7 Å². The molecule has 2 aliphatic rings. The molecule has 0 saturated heterocycles. The second-order valence-corrected chi connectivity index (χ2v) is 8.03. The standard InChI is InChI=1S/C21H22O7S/c1-2-3-4-5-6-7-8-9-19-10-13-21(14-11-19)20(12-17-29(22,23)24)18-27-28-26-16-15-25-21/h9,18-19H,1,10-17H2,(H,22,23,24)/b20-18+. The Hall–Kier alpha value is -2.47. The van der Waals surface area contributed by atoms with Crippen molar-refractivity contribution in [1.29, 1.82) is 0 Å². The van der Waals surface area contributed by atoms with Crippen LogP contribution in [0.3, 0.4) is 0 Å². The molecule has 0 amide bonds. The van der Waals surface area contributed by atoms with E-state index in [0.29, 0.717) is 18.4 Å². The predicted octanol–water partition coefficient (Wildman–Crippen LogP) is 3.26. The van der Waals surface area contributed by atoms with E-state index in [1.54, 1.807) is 0 Å². The summed E-state index contributed by atoms with van der Waals surface area (Å²) in [6, 6.07) is 0. The van der Waals surface area contributed by atoms with E-state index in [-0.39, 0.29) is 25.6 Å². The molecule has 0 radical (unpaired) electrons. The van der Waals surface area contributed by atoms with E-state index in [1.165, 1.54) is 6.26 Å². The van der Waals surface area contributed by atoms with E-state index in [0.717, 1.165) is 12.8 Å². The SMILES string of the molecule is C=C=C=C=C=C=C=C=CC1CCC2(CC1)OCCOOO/C=C/2CCS(=O)(=O)O. The average molecular weight is 418 g/mol. The van der Waals surface area contributed by atoms with E-state index in [9.17, 15) is 8.42 Å². The summed E-state index contributed by atoms with van der Waals surface area (Å²) in [7, 11) is -4.12. The Morgan fingerprint density at radius 2 is 1.90 bits per heavy atom. The average Bonchev–Trinajstić information content (AvgIpc) is 2.78. The number of ether oxygens (including phenoxy) is 1. The Morgan fingerprint density at radius 1 is 1.17 bits per heavy atom. The van der Waals surface area contributed by atoms with Gasteiger partial charge in [0, 0.05) is 5.57 Å². The van der Waals surface area contributed by atoms with Gasteiger partial charge in [0.05, 0.1) is 18.0 Å². The molecule has 0 aromatic rings. The molecule has 1 aliphatic carbocycles. The predicted molar refractivity (Wildman–Crippen MR) is 103 cm³/mol. The Morgan fingerprint density at radius 3 is 2.62 bits per heavy atom. The Kier molecular flexibility index (Phi) is 9.06. The van der Waals surface area contributed by atoms with Gasteiger partial charge in [-0.1, -0.05) is 11.5 Å². The summed E-state index contributed by atoms with van der Waals surface area (Å²) in [6.07, 6.45) is 6.14. The van der Waals surface area contributed by atoms with Crippen molar-refractivity contribution in [2.75, 3.05) is 19.0 Å². The molecule has 0 unspecified atom stereocenters. The third kappa shape index (κ3) is 8.20. The van der Waals surface area contributed by atoms with Crippen molar-refractivity contribution in [3.8, 4) is 0 Å². The summed E-state index contributed by atoms with van der Waals surface area (Å²) in [5.41, 5.74) is 18.2. The lowest BCUT2D eigenvalue weighted by Crippen LogP contribution is -2.40. The van der Waals surface area contributed by atoms with Crippen LogP contribution in [0.1, 0.15) is 32.1 Å². The highest BCUT2D eigenvalue weighted by molar-refractivity contribution is 7.85. The highest BCUT2D eigenvalue weighted by Gasteiger charge is 2.40. The van der Waals surface area contributed by atoms with Crippen LogP contribution in [0.4, 0.5) is 0 Å². The van der Waals surface area contributed by atoms with Gasteiger partial charge in [-0.15, -0.1) is 0 Å². The molecule has 29 heavy (non-hydrogen) atoms. The molecule has 1 heterocycles. The maximum atomic E-state index is 11.2. The zero-order chi connectivity index (χ0) is 21.0. The van der Waals surface area contributed by atoms with Gasteiger partial charge in [-0.2, -0.15) is 13.3 Å². The fourth-order valence-corrected chi connectivity index (χ4v) is 3.69.